The number of aromatic amines is 1. The fourth-order valence-corrected chi connectivity index (χ4v) is 7.98. The molecule has 0 unspecified atom stereocenters. The van der Waals surface area contributed by atoms with Crippen LogP contribution < -0.4 is 4.74 Å². The number of nitrogens with one attached hydrogen (secondary N) is 1. The van der Waals surface area contributed by atoms with E-state index in [1.54, 1.807) is 16.2 Å². The first kappa shape index (κ1) is 31.5. The van der Waals surface area contributed by atoms with Gasteiger partial charge in [0.2, 0.25) is 0 Å². The Morgan fingerprint density at radius 2 is 1.64 bits per heavy atom. The van der Waals surface area contributed by atoms with Crippen LogP contribution in [0.15, 0.2) is 41.7 Å². The topological polar surface area (TPSA) is 109 Å². The Hall–Kier alpha value is -4.12. The maximum absolute atomic E-state index is 12.9. The van der Waals surface area contributed by atoms with Gasteiger partial charge in [-0.3, -0.25) is 14.8 Å². The number of fused-ring (bicyclic) bond motifs is 3. The molecule has 11 heteroatoms. The smallest absolute Gasteiger partial charge is 0.410 e. The van der Waals surface area contributed by atoms with E-state index in [2.05, 4.69) is 34.2 Å². The maximum Gasteiger partial charge on any atom is 0.410 e. The van der Waals surface area contributed by atoms with Crippen molar-refractivity contribution < 1.29 is 23.8 Å². The van der Waals surface area contributed by atoms with Crippen molar-refractivity contribution in [1.29, 1.82) is 0 Å². The molecule has 6 heterocycles. The number of rotatable bonds is 4. The Kier molecular flexibility index (Phi) is 7.93. The number of ether oxygens (including phenoxy) is 3. The number of hydrogen-bond acceptors (Lipinski definition) is 8. The fraction of sp³-hybridized carbons (Fsp3) is 0.500. The molecule has 0 saturated carbocycles. The molecule has 47 heavy (non-hydrogen) atoms. The lowest BCUT2D eigenvalue weighted by atomic mass is 10.0. The minimum Gasteiger partial charge on any atom is -0.488 e. The minimum absolute atomic E-state index is 0.0206. The van der Waals surface area contributed by atoms with Gasteiger partial charge in [-0.1, -0.05) is 6.07 Å². The molecule has 10 nitrogen and oxygen atoms in total. The third-order valence-electron chi connectivity index (χ3n) is 8.86. The van der Waals surface area contributed by atoms with Crippen LogP contribution in [0.2, 0.25) is 0 Å². The second-order valence-electron chi connectivity index (χ2n) is 14.8. The molecule has 4 aliphatic heterocycles. The van der Waals surface area contributed by atoms with Crippen LogP contribution in [0.5, 0.6) is 5.75 Å². The summed E-state index contributed by atoms with van der Waals surface area (Å²) in [5, 5.41) is 0. The number of likely N-dealkylation sites (tertiary alicyclic amines) is 2. The predicted molar refractivity (Wildman–Crippen MR) is 183 cm³/mol. The molecule has 2 fully saturated rings. The van der Waals surface area contributed by atoms with E-state index in [0.29, 0.717) is 19.7 Å². The van der Waals surface area contributed by atoms with Crippen LogP contribution in [-0.2, 0) is 16.1 Å². The molecule has 3 aromatic rings. The van der Waals surface area contributed by atoms with Crippen LogP contribution in [0.4, 0.5) is 9.59 Å². The van der Waals surface area contributed by atoms with Crippen LogP contribution in [0.1, 0.15) is 96.0 Å². The van der Waals surface area contributed by atoms with Crippen molar-refractivity contribution in [2.24, 2.45) is 4.99 Å². The second kappa shape index (κ2) is 11.8. The van der Waals surface area contributed by atoms with Crippen LogP contribution >= 0.6 is 11.3 Å². The van der Waals surface area contributed by atoms with Crippen molar-refractivity contribution in [1.82, 2.24) is 19.8 Å². The van der Waals surface area contributed by atoms with Gasteiger partial charge >= 0.3 is 12.2 Å². The highest BCUT2D eigenvalue weighted by Gasteiger charge is 2.37. The Morgan fingerprint density at radius 1 is 0.957 bits per heavy atom. The van der Waals surface area contributed by atoms with Gasteiger partial charge < -0.3 is 19.2 Å². The zero-order valence-electron chi connectivity index (χ0n) is 28.0. The average molecular weight is 658 g/mol. The van der Waals surface area contributed by atoms with E-state index in [0.717, 1.165) is 66.2 Å². The van der Waals surface area contributed by atoms with Crippen LogP contribution in [0.25, 0.3) is 27.3 Å². The highest BCUT2D eigenvalue weighted by atomic mass is 32.1. The van der Waals surface area contributed by atoms with Crippen molar-refractivity contribution in [3.63, 3.8) is 0 Å². The number of carbonyl (C=O) groups excluding carboxylic acids is 2. The quantitative estimate of drug-likeness (QED) is 0.302. The monoisotopic (exact) mass is 657 g/mol. The summed E-state index contributed by atoms with van der Waals surface area (Å²) in [7, 11) is 0. The summed E-state index contributed by atoms with van der Waals surface area (Å²) in [4.78, 5) is 44.7. The van der Waals surface area contributed by atoms with Gasteiger partial charge in [-0.25, -0.2) is 14.6 Å². The molecule has 248 valence electrons. The molecule has 2 atom stereocenters. The number of H-pyrrole nitrogens is 1. The zero-order chi connectivity index (χ0) is 33.1. The van der Waals surface area contributed by atoms with Gasteiger partial charge in [0.1, 0.15) is 29.4 Å². The number of amides is 2. The summed E-state index contributed by atoms with van der Waals surface area (Å²) in [5.41, 5.74) is 5.24. The average Bonchev–Trinajstić information content (AvgIpc) is 3.82. The van der Waals surface area contributed by atoms with Crippen molar-refractivity contribution in [3.05, 3.63) is 52.9 Å². The fourth-order valence-electron chi connectivity index (χ4n) is 6.77. The third kappa shape index (κ3) is 6.42. The molecule has 0 aliphatic carbocycles. The summed E-state index contributed by atoms with van der Waals surface area (Å²) in [6.07, 6.45) is 7.57. The van der Waals surface area contributed by atoms with Gasteiger partial charge in [0, 0.05) is 57.9 Å². The molecular weight excluding hydrogens is 614 g/mol. The van der Waals surface area contributed by atoms with Gasteiger partial charge in [-0.15, -0.1) is 11.3 Å². The molecule has 1 aromatic carbocycles. The van der Waals surface area contributed by atoms with Crippen LogP contribution in [0.3, 0.4) is 0 Å². The molecule has 1 N–H and O–H groups in total. The predicted octanol–water partition coefficient (Wildman–Crippen LogP) is 8.35. The molecule has 0 bridgehead atoms. The van der Waals surface area contributed by atoms with Gasteiger partial charge in [0.05, 0.1) is 24.0 Å². The first-order chi connectivity index (χ1) is 22.3. The molecule has 4 aliphatic rings. The lowest BCUT2D eigenvalue weighted by Gasteiger charge is -2.28. The van der Waals surface area contributed by atoms with E-state index in [9.17, 15) is 9.59 Å². The van der Waals surface area contributed by atoms with Crippen molar-refractivity contribution in [3.8, 4) is 27.4 Å². The number of benzene rings is 1. The normalized spacial score (nSPS) is 20.8. The van der Waals surface area contributed by atoms with E-state index >= 15 is 0 Å². The second-order valence-corrected chi connectivity index (χ2v) is 15.8. The first-order valence-electron chi connectivity index (χ1n) is 16.5. The standard InChI is InChI=1S/C36H43N5O5S/c1-35(2,3)45-33(42)40-13-7-9-27(40)25-15-22(18-37-25)30-17-23-20-44-29-16-21(11-12-24(29)31(23)47-30)26-19-38-32(39-26)28-10-8-14-41(28)34(43)46-36(4,5)6/h11-12,16-19,27-28H,7-10,13-15,20H2,1-6H3,(H,38,39)/t27-,28-/m0/s1. The van der Waals surface area contributed by atoms with E-state index in [1.807, 2.05) is 58.8 Å². The molecule has 0 radical (unpaired) electrons. The molecule has 2 aromatic heterocycles. The number of allylic oxidation sites excluding steroid dienone is 1. The van der Waals surface area contributed by atoms with Crippen LogP contribution in [-0.4, -0.2) is 68.0 Å². The SMILES string of the molecule is CC(C)(C)OC(=O)N1CCC[C@H]1C1=NC=C(c2cc3c(s2)-c2ccc(-c4cnc([C@@H]5CCCN5C(=O)OC(C)(C)C)[nH]4)cc2OC3)C1. The minimum atomic E-state index is -0.545. The molecule has 0 spiro atoms. The van der Waals surface area contributed by atoms with Crippen molar-refractivity contribution >= 4 is 34.8 Å². The highest BCUT2D eigenvalue weighted by Crippen LogP contribution is 2.46. The summed E-state index contributed by atoms with van der Waals surface area (Å²) in [6, 6.07) is 8.34. The summed E-state index contributed by atoms with van der Waals surface area (Å²) in [5.74, 6) is 1.61. The van der Waals surface area contributed by atoms with Gasteiger partial charge in [-0.2, -0.15) is 0 Å². The molecular formula is C36H43N5O5S. The zero-order valence-corrected chi connectivity index (χ0v) is 28.8. The van der Waals surface area contributed by atoms with Gasteiger partial charge in [0.25, 0.3) is 0 Å². The number of hydrogen-bond donors (Lipinski definition) is 1. The molecule has 2 saturated heterocycles. The number of thiophene rings is 1. The van der Waals surface area contributed by atoms with Gasteiger partial charge in [0.15, 0.2) is 0 Å². The van der Waals surface area contributed by atoms with Crippen molar-refractivity contribution in [2.75, 3.05) is 13.1 Å². The number of nitrogens with zero attached hydrogens (tertiary/aromatic N) is 4. The largest absolute Gasteiger partial charge is 0.488 e. The Balaban J connectivity index is 1.04. The maximum atomic E-state index is 12.9. The van der Waals surface area contributed by atoms with E-state index in [1.165, 1.54) is 20.9 Å². The number of imidazole rings is 1. The Bertz CT molecular complexity index is 1770. The lowest BCUT2D eigenvalue weighted by Crippen LogP contribution is -2.43. The number of carbonyl (C=O) groups is 2. The number of aromatic nitrogens is 2. The van der Waals surface area contributed by atoms with E-state index < -0.39 is 11.2 Å². The molecule has 7 rings (SSSR count). The van der Waals surface area contributed by atoms with Gasteiger partial charge in [-0.05, 0) is 91.0 Å². The highest BCUT2D eigenvalue weighted by molar-refractivity contribution is 7.16. The lowest BCUT2D eigenvalue weighted by molar-refractivity contribution is 0.0216. The number of aliphatic imine (C=N–C) groups is 1. The van der Waals surface area contributed by atoms with Crippen LogP contribution in [0, 0.1) is 0 Å². The molecule has 2 amide bonds. The summed E-state index contributed by atoms with van der Waals surface area (Å²) in [6.45, 7) is 13.2. The van der Waals surface area contributed by atoms with Crippen molar-refractivity contribution in [2.45, 2.75) is 104 Å². The van der Waals surface area contributed by atoms with E-state index in [4.69, 9.17) is 19.2 Å². The first-order valence-corrected chi connectivity index (χ1v) is 17.3. The third-order valence-corrected chi connectivity index (χ3v) is 10.1. The summed E-state index contributed by atoms with van der Waals surface area (Å²) < 4.78 is 17.6. The Morgan fingerprint density at radius 3 is 2.34 bits per heavy atom. The summed E-state index contributed by atoms with van der Waals surface area (Å²) >= 11 is 1.77. The Labute approximate surface area is 279 Å². The van der Waals surface area contributed by atoms with E-state index in [-0.39, 0.29) is 24.3 Å².